The fourth-order valence-corrected chi connectivity index (χ4v) is 1.69. The molecular weight excluding hydrogens is 176 g/mol. The van der Waals surface area contributed by atoms with Crippen LogP contribution >= 0.6 is 0 Å². The van der Waals surface area contributed by atoms with Gasteiger partial charge >= 0.3 is 0 Å². The summed E-state index contributed by atoms with van der Waals surface area (Å²) < 4.78 is 0. The summed E-state index contributed by atoms with van der Waals surface area (Å²) in [5.74, 6) is 0.504. The van der Waals surface area contributed by atoms with Crippen LogP contribution in [-0.2, 0) is 6.54 Å². The molecule has 1 aliphatic heterocycles. The van der Waals surface area contributed by atoms with E-state index in [-0.39, 0.29) is 5.91 Å². The van der Waals surface area contributed by atoms with Crippen molar-refractivity contribution < 1.29 is 4.79 Å². The highest BCUT2D eigenvalue weighted by Gasteiger charge is 2.25. The van der Waals surface area contributed by atoms with Crippen molar-refractivity contribution in [2.75, 3.05) is 7.05 Å². The Bertz CT molecular complexity index is 385. The predicted octanol–water partition coefficient (Wildman–Crippen LogP) is 1.79. The van der Waals surface area contributed by atoms with Gasteiger partial charge in [0.1, 0.15) is 0 Å². The first-order valence-electron chi connectivity index (χ1n) is 4.84. The number of aromatic nitrogens is 1. The number of amides is 1. The van der Waals surface area contributed by atoms with E-state index >= 15 is 0 Å². The molecule has 1 aliphatic rings. The van der Waals surface area contributed by atoms with Crippen molar-refractivity contribution in [1.82, 2.24) is 9.88 Å². The molecule has 0 saturated heterocycles. The van der Waals surface area contributed by atoms with Gasteiger partial charge in [0.15, 0.2) is 0 Å². The lowest BCUT2D eigenvalue weighted by Gasteiger charge is -2.05. The van der Waals surface area contributed by atoms with Gasteiger partial charge in [-0.15, -0.1) is 0 Å². The maximum atomic E-state index is 11.6. The molecule has 3 nitrogen and oxygen atoms in total. The Kier molecular flexibility index (Phi) is 2.02. The van der Waals surface area contributed by atoms with Crippen LogP contribution in [0.1, 0.15) is 41.4 Å². The zero-order valence-electron chi connectivity index (χ0n) is 8.74. The van der Waals surface area contributed by atoms with Crippen molar-refractivity contribution in [2.24, 2.45) is 0 Å². The molecule has 2 heterocycles. The van der Waals surface area contributed by atoms with Gasteiger partial charge in [0.05, 0.1) is 5.56 Å². The van der Waals surface area contributed by atoms with E-state index in [0.29, 0.717) is 5.92 Å². The zero-order valence-corrected chi connectivity index (χ0v) is 8.74. The number of pyridine rings is 1. The summed E-state index contributed by atoms with van der Waals surface area (Å²) in [5.41, 5.74) is 2.93. The predicted molar refractivity (Wildman–Crippen MR) is 54.1 cm³/mol. The normalized spacial score (nSPS) is 15.1. The number of rotatable bonds is 1. The van der Waals surface area contributed by atoms with Gasteiger partial charge in [0.25, 0.3) is 5.91 Å². The maximum absolute atomic E-state index is 11.6. The molecule has 0 atom stereocenters. The molecule has 0 bridgehead atoms. The summed E-state index contributed by atoms with van der Waals surface area (Å²) in [6.07, 6.45) is 1.70. The number of fused-ring (bicyclic) bond motifs is 1. The molecule has 74 valence electrons. The molecule has 1 amide bonds. The molecule has 0 aliphatic carbocycles. The van der Waals surface area contributed by atoms with Crippen molar-refractivity contribution in [1.29, 1.82) is 0 Å². The molecule has 2 rings (SSSR count). The van der Waals surface area contributed by atoms with Gasteiger partial charge in [-0.2, -0.15) is 0 Å². The van der Waals surface area contributed by atoms with Crippen molar-refractivity contribution in [2.45, 2.75) is 26.3 Å². The van der Waals surface area contributed by atoms with Crippen molar-refractivity contribution in [3.63, 3.8) is 0 Å². The molecule has 1 aromatic heterocycles. The first-order valence-corrected chi connectivity index (χ1v) is 4.84. The summed E-state index contributed by atoms with van der Waals surface area (Å²) in [7, 11) is 1.82. The van der Waals surface area contributed by atoms with Gasteiger partial charge < -0.3 is 4.90 Å². The lowest BCUT2D eigenvalue weighted by Crippen LogP contribution is -2.17. The van der Waals surface area contributed by atoms with Crippen LogP contribution in [0.4, 0.5) is 0 Å². The molecule has 1 aromatic rings. The number of nitrogens with zero attached hydrogens (tertiary/aromatic N) is 2. The van der Waals surface area contributed by atoms with Crippen LogP contribution < -0.4 is 0 Å². The molecule has 0 fully saturated rings. The van der Waals surface area contributed by atoms with Crippen LogP contribution in [0, 0.1) is 0 Å². The SMILES string of the molecule is CC(C)c1cc2c(cn1)C(=O)N(C)C2. The maximum Gasteiger partial charge on any atom is 0.255 e. The largest absolute Gasteiger partial charge is 0.337 e. The number of hydrogen-bond donors (Lipinski definition) is 0. The molecule has 3 heteroatoms. The second-order valence-electron chi connectivity index (χ2n) is 4.08. The Balaban J connectivity index is 2.44. The van der Waals surface area contributed by atoms with Gasteiger partial charge in [-0.1, -0.05) is 13.8 Å². The van der Waals surface area contributed by atoms with E-state index < -0.39 is 0 Å². The molecule has 0 radical (unpaired) electrons. The minimum atomic E-state index is 0.0859. The minimum Gasteiger partial charge on any atom is -0.337 e. The number of carbonyl (C=O) groups excluding carboxylic acids is 1. The second kappa shape index (κ2) is 3.08. The number of hydrogen-bond acceptors (Lipinski definition) is 2. The standard InChI is InChI=1S/C11H14N2O/c1-7(2)10-4-8-6-13(3)11(14)9(8)5-12-10/h4-5,7H,6H2,1-3H3. The van der Waals surface area contributed by atoms with Gasteiger partial charge in [-0.05, 0) is 17.5 Å². The third-order valence-electron chi connectivity index (χ3n) is 2.59. The Hall–Kier alpha value is -1.38. The molecule has 0 aromatic carbocycles. The Morgan fingerprint density at radius 1 is 1.50 bits per heavy atom. The van der Waals surface area contributed by atoms with Gasteiger partial charge in [0.2, 0.25) is 0 Å². The minimum absolute atomic E-state index is 0.0859. The average Bonchev–Trinajstić information content (AvgIpc) is 2.42. The third kappa shape index (κ3) is 1.29. The van der Waals surface area contributed by atoms with Crippen LogP contribution in [0.2, 0.25) is 0 Å². The van der Waals surface area contributed by atoms with Gasteiger partial charge in [-0.3, -0.25) is 9.78 Å². The van der Waals surface area contributed by atoms with E-state index in [1.54, 1.807) is 11.1 Å². The summed E-state index contributed by atoms with van der Waals surface area (Å²) in [6, 6.07) is 2.04. The quantitative estimate of drug-likeness (QED) is 0.676. The van der Waals surface area contributed by atoms with E-state index in [0.717, 1.165) is 23.4 Å². The zero-order chi connectivity index (χ0) is 10.3. The van der Waals surface area contributed by atoms with E-state index in [9.17, 15) is 4.79 Å². The van der Waals surface area contributed by atoms with Crippen molar-refractivity contribution in [3.05, 3.63) is 29.1 Å². The highest BCUT2D eigenvalue weighted by molar-refractivity contribution is 5.97. The summed E-state index contributed by atoms with van der Waals surface area (Å²) in [6.45, 7) is 4.93. The summed E-state index contributed by atoms with van der Waals surface area (Å²) in [4.78, 5) is 17.6. The molecular formula is C11H14N2O. The van der Waals surface area contributed by atoms with Crippen LogP contribution in [0.3, 0.4) is 0 Å². The molecule has 0 saturated carbocycles. The molecule has 0 spiro atoms. The monoisotopic (exact) mass is 190 g/mol. The Morgan fingerprint density at radius 2 is 2.21 bits per heavy atom. The van der Waals surface area contributed by atoms with Gasteiger partial charge in [0, 0.05) is 25.5 Å². The highest BCUT2D eigenvalue weighted by Crippen LogP contribution is 2.23. The van der Waals surface area contributed by atoms with Crippen LogP contribution in [0.5, 0.6) is 0 Å². The van der Waals surface area contributed by atoms with Crippen LogP contribution in [-0.4, -0.2) is 22.8 Å². The molecule has 14 heavy (non-hydrogen) atoms. The van der Waals surface area contributed by atoms with Crippen LogP contribution in [0.15, 0.2) is 12.3 Å². The summed E-state index contributed by atoms with van der Waals surface area (Å²) >= 11 is 0. The fraction of sp³-hybridized carbons (Fsp3) is 0.455. The smallest absolute Gasteiger partial charge is 0.255 e. The van der Waals surface area contributed by atoms with Crippen LogP contribution in [0.25, 0.3) is 0 Å². The summed E-state index contributed by atoms with van der Waals surface area (Å²) in [5, 5.41) is 0. The topological polar surface area (TPSA) is 33.2 Å². The first-order chi connectivity index (χ1) is 6.59. The van der Waals surface area contributed by atoms with Gasteiger partial charge in [-0.25, -0.2) is 0 Å². The number of carbonyl (C=O) groups is 1. The molecule has 0 unspecified atom stereocenters. The lowest BCUT2D eigenvalue weighted by molar-refractivity contribution is 0.0816. The lowest BCUT2D eigenvalue weighted by atomic mass is 10.1. The highest BCUT2D eigenvalue weighted by atomic mass is 16.2. The first kappa shape index (κ1) is 9.19. The van der Waals surface area contributed by atoms with E-state index in [1.165, 1.54) is 0 Å². The van der Waals surface area contributed by atoms with E-state index in [2.05, 4.69) is 18.8 Å². The molecule has 0 N–H and O–H groups in total. The van der Waals surface area contributed by atoms with E-state index in [4.69, 9.17) is 0 Å². The average molecular weight is 190 g/mol. The fourth-order valence-electron chi connectivity index (χ4n) is 1.69. The Labute approximate surface area is 83.8 Å². The third-order valence-corrected chi connectivity index (χ3v) is 2.59. The second-order valence-corrected chi connectivity index (χ2v) is 4.08. The Morgan fingerprint density at radius 3 is 2.86 bits per heavy atom. The van der Waals surface area contributed by atoms with Crippen molar-refractivity contribution in [3.8, 4) is 0 Å². The van der Waals surface area contributed by atoms with E-state index in [1.807, 2.05) is 13.1 Å². The van der Waals surface area contributed by atoms with Crippen molar-refractivity contribution >= 4 is 5.91 Å².